The van der Waals surface area contributed by atoms with E-state index in [0.717, 1.165) is 12.1 Å². The van der Waals surface area contributed by atoms with Crippen molar-refractivity contribution >= 4 is 34.8 Å². The highest BCUT2D eigenvalue weighted by atomic mass is 35.5. The number of nitrogens with zero attached hydrogens (tertiary/aromatic N) is 2. The van der Waals surface area contributed by atoms with Gasteiger partial charge in [-0.15, -0.1) is 0 Å². The lowest BCUT2D eigenvalue weighted by molar-refractivity contribution is 0.102. The molecule has 0 atom stereocenters. The van der Waals surface area contributed by atoms with E-state index in [-0.39, 0.29) is 21.7 Å². The summed E-state index contributed by atoms with van der Waals surface area (Å²) in [6, 6.07) is 5.20. The molecule has 0 aliphatic rings. The fraction of sp³-hybridized carbons (Fsp3) is 0.0833. The first-order valence-corrected chi connectivity index (χ1v) is 5.98. The second-order valence-corrected chi connectivity index (χ2v) is 4.55. The molecule has 0 fully saturated rings. The molecule has 1 amide bonds. The van der Waals surface area contributed by atoms with Crippen LogP contribution in [0.2, 0.25) is 10.3 Å². The summed E-state index contributed by atoms with van der Waals surface area (Å²) in [6.07, 6.45) is 0. The Labute approximate surface area is 118 Å². The molecule has 98 valence electrons. The molecule has 0 radical (unpaired) electrons. The summed E-state index contributed by atoms with van der Waals surface area (Å²) >= 11 is 11.4. The van der Waals surface area contributed by atoms with E-state index in [1.54, 1.807) is 6.92 Å². The molecule has 0 aliphatic carbocycles. The third kappa shape index (κ3) is 3.62. The van der Waals surface area contributed by atoms with Crippen molar-refractivity contribution in [1.29, 1.82) is 0 Å². The minimum atomic E-state index is -0.542. The molecule has 0 saturated carbocycles. The highest BCUT2D eigenvalue weighted by Crippen LogP contribution is 2.18. The summed E-state index contributed by atoms with van der Waals surface area (Å²) in [5.74, 6) is -1.06. The SMILES string of the molecule is Cc1cc(C(=O)Nc2cc(F)cc(Cl)c2)nc(Cl)n1. The molecular weight excluding hydrogens is 292 g/mol. The molecule has 19 heavy (non-hydrogen) atoms. The lowest BCUT2D eigenvalue weighted by atomic mass is 10.2. The van der Waals surface area contributed by atoms with Crippen molar-refractivity contribution in [2.24, 2.45) is 0 Å². The molecule has 0 bridgehead atoms. The summed E-state index contributed by atoms with van der Waals surface area (Å²) < 4.78 is 13.1. The Morgan fingerprint density at radius 3 is 2.58 bits per heavy atom. The number of nitrogens with one attached hydrogen (secondary N) is 1. The molecular formula is C12H8Cl2FN3O. The van der Waals surface area contributed by atoms with Crippen molar-refractivity contribution < 1.29 is 9.18 Å². The lowest BCUT2D eigenvalue weighted by Crippen LogP contribution is -2.14. The maximum Gasteiger partial charge on any atom is 0.274 e. The third-order valence-electron chi connectivity index (χ3n) is 2.18. The van der Waals surface area contributed by atoms with E-state index in [9.17, 15) is 9.18 Å². The van der Waals surface area contributed by atoms with Gasteiger partial charge in [0.05, 0.1) is 0 Å². The first kappa shape index (κ1) is 13.7. The lowest BCUT2D eigenvalue weighted by Gasteiger charge is -2.06. The summed E-state index contributed by atoms with van der Waals surface area (Å²) in [5, 5.41) is 2.64. The van der Waals surface area contributed by atoms with Crippen LogP contribution in [0.15, 0.2) is 24.3 Å². The number of rotatable bonds is 2. The molecule has 0 spiro atoms. The van der Waals surface area contributed by atoms with E-state index in [2.05, 4.69) is 15.3 Å². The van der Waals surface area contributed by atoms with Gasteiger partial charge in [0.2, 0.25) is 5.28 Å². The van der Waals surface area contributed by atoms with Crippen molar-refractivity contribution in [1.82, 2.24) is 9.97 Å². The van der Waals surface area contributed by atoms with Gasteiger partial charge in [-0.25, -0.2) is 14.4 Å². The summed E-state index contributed by atoms with van der Waals surface area (Å²) in [5.41, 5.74) is 0.891. The van der Waals surface area contributed by atoms with Crippen LogP contribution in [0, 0.1) is 12.7 Å². The first-order valence-electron chi connectivity index (χ1n) is 5.22. The molecule has 1 aromatic carbocycles. The maximum atomic E-state index is 13.1. The maximum absolute atomic E-state index is 13.1. The van der Waals surface area contributed by atoms with E-state index < -0.39 is 11.7 Å². The predicted octanol–water partition coefficient (Wildman–Crippen LogP) is 3.48. The molecule has 2 aromatic rings. The van der Waals surface area contributed by atoms with Gasteiger partial charge in [0.25, 0.3) is 5.91 Å². The van der Waals surface area contributed by atoms with Gasteiger partial charge in [-0.3, -0.25) is 4.79 Å². The molecule has 4 nitrogen and oxygen atoms in total. The zero-order valence-corrected chi connectivity index (χ0v) is 11.3. The van der Waals surface area contributed by atoms with Gasteiger partial charge in [0.1, 0.15) is 11.5 Å². The number of carbonyl (C=O) groups is 1. The number of halogens is 3. The number of benzene rings is 1. The van der Waals surface area contributed by atoms with Gasteiger partial charge in [0, 0.05) is 16.4 Å². The van der Waals surface area contributed by atoms with Crippen molar-refractivity contribution in [3.8, 4) is 0 Å². The molecule has 0 unspecified atom stereocenters. The van der Waals surface area contributed by atoms with Crippen LogP contribution in [0.3, 0.4) is 0 Å². The summed E-state index contributed by atoms with van der Waals surface area (Å²) in [7, 11) is 0. The fourth-order valence-electron chi connectivity index (χ4n) is 1.47. The Bertz CT molecular complexity index is 608. The molecule has 0 aliphatic heterocycles. The third-order valence-corrected chi connectivity index (χ3v) is 2.57. The molecule has 0 saturated heterocycles. The second-order valence-electron chi connectivity index (χ2n) is 3.78. The molecule has 1 N–H and O–H groups in total. The monoisotopic (exact) mass is 299 g/mol. The van der Waals surface area contributed by atoms with Gasteiger partial charge in [-0.2, -0.15) is 0 Å². The molecule has 2 rings (SSSR count). The minimum Gasteiger partial charge on any atom is -0.320 e. The number of aromatic nitrogens is 2. The van der Waals surface area contributed by atoms with Gasteiger partial charge in [-0.05, 0) is 42.8 Å². The standard InChI is InChI=1S/C12H8Cl2FN3O/c1-6-2-10(18-12(14)16-6)11(19)17-9-4-7(13)3-8(15)5-9/h2-5H,1H3,(H,17,19). The van der Waals surface area contributed by atoms with Crippen LogP contribution in [0.5, 0.6) is 0 Å². The smallest absolute Gasteiger partial charge is 0.274 e. The van der Waals surface area contributed by atoms with Gasteiger partial charge >= 0.3 is 0 Å². The number of amides is 1. The van der Waals surface area contributed by atoms with Crippen molar-refractivity contribution in [3.05, 3.63) is 51.8 Å². The Morgan fingerprint density at radius 1 is 1.21 bits per heavy atom. The van der Waals surface area contributed by atoms with Crippen molar-refractivity contribution in [3.63, 3.8) is 0 Å². The molecule has 1 heterocycles. The topological polar surface area (TPSA) is 54.9 Å². The highest BCUT2D eigenvalue weighted by molar-refractivity contribution is 6.31. The number of hydrogen-bond acceptors (Lipinski definition) is 3. The van der Waals surface area contributed by atoms with Crippen LogP contribution in [0.25, 0.3) is 0 Å². The molecule has 1 aromatic heterocycles. The van der Waals surface area contributed by atoms with E-state index >= 15 is 0 Å². The minimum absolute atomic E-state index is 0.0255. The summed E-state index contributed by atoms with van der Waals surface area (Å²) in [4.78, 5) is 19.6. The second kappa shape index (κ2) is 5.50. The average molecular weight is 300 g/mol. The fourth-order valence-corrected chi connectivity index (χ4v) is 1.92. The number of anilines is 1. The van der Waals surface area contributed by atoms with Crippen LogP contribution in [0.4, 0.5) is 10.1 Å². The van der Waals surface area contributed by atoms with Crippen LogP contribution in [-0.2, 0) is 0 Å². The Hall–Kier alpha value is -1.72. The van der Waals surface area contributed by atoms with Crippen LogP contribution in [-0.4, -0.2) is 15.9 Å². The van der Waals surface area contributed by atoms with Crippen LogP contribution in [0.1, 0.15) is 16.2 Å². The number of aryl methyl sites for hydroxylation is 1. The van der Waals surface area contributed by atoms with Gasteiger partial charge < -0.3 is 5.32 Å². The largest absolute Gasteiger partial charge is 0.320 e. The predicted molar refractivity (Wildman–Crippen MR) is 71.1 cm³/mol. The number of hydrogen-bond donors (Lipinski definition) is 1. The van der Waals surface area contributed by atoms with Gasteiger partial charge in [-0.1, -0.05) is 11.6 Å². The highest BCUT2D eigenvalue weighted by Gasteiger charge is 2.11. The van der Waals surface area contributed by atoms with E-state index in [4.69, 9.17) is 23.2 Å². The van der Waals surface area contributed by atoms with Gasteiger partial charge in [0.15, 0.2) is 0 Å². The normalized spacial score (nSPS) is 10.3. The van der Waals surface area contributed by atoms with E-state index in [1.165, 1.54) is 12.1 Å². The Balaban J connectivity index is 2.25. The quantitative estimate of drug-likeness (QED) is 0.864. The van der Waals surface area contributed by atoms with Crippen LogP contribution >= 0.6 is 23.2 Å². The Morgan fingerprint density at radius 2 is 1.95 bits per heavy atom. The zero-order valence-electron chi connectivity index (χ0n) is 9.75. The van der Waals surface area contributed by atoms with Crippen LogP contribution < -0.4 is 5.32 Å². The van der Waals surface area contributed by atoms with Crippen molar-refractivity contribution in [2.75, 3.05) is 5.32 Å². The first-order chi connectivity index (χ1) is 8.94. The Kier molecular flexibility index (Phi) is 3.97. The average Bonchev–Trinajstić information content (AvgIpc) is 2.25. The van der Waals surface area contributed by atoms with E-state index in [1.807, 2.05) is 0 Å². The zero-order chi connectivity index (χ0) is 14.0. The van der Waals surface area contributed by atoms with E-state index in [0.29, 0.717) is 5.69 Å². The number of carbonyl (C=O) groups excluding carboxylic acids is 1. The molecule has 7 heteroatoms. The summed E-state index contributed by atoms with van der Waals surface area (Å²) in [6.45, 7) is 1.68. The van der Waals surface area contributed by atoms with Crippen molar-refractivity contribution in [2.45, 2.75) is 6.92 Å².